The minimum atomic E-state index is -3.27. The fourth-order valence-electron chi connectivity index (χ4n) is 11.3. The third-order valence-corrected chi connectivity index (χ3v) is 18.8. The first-order valence-electron chi connectivity index (χ1n) is 24.8. The van der Waals surface area contributed by atoms with Gasteiger partial charge < -0.3 is 14.4 Å². The van der Waals surface area contributed by atoms with E-state index < -0.39 is 7.14 Å². The van der Waals surface area contributed by atoms with E-state index in [1.807, 2.05) is 18.2 Å². The summed E-state index contributed by atoms with van der Waals surface area (Å²) in [6.07, 6.45) is 0. The van der Waals surface area contributed by atoms with Crippen molar-refractivity contribution >= 4 is 57.2 Å². The molecule has 3 heterocycles. The summed E-state index contributed by atoms with van der Waals surface area (Å²) < 4.78 is 16.3. The smallest absolute Gasteiger partial charge is 0.172 e. The topological polar surface area (TPSA) is 23.6 Å². The highest BCUT2D eigenvalue weighted by atomic mass is 31.2. The summed E-state index contributed by atoms with van der Waals surface area (Å²) >= 11 is 0. The number of anilines is 6. The number of benzene rings is 7. The minimum absolute atomic E-state index is 0.00798. The second-order valence-electron chi connectivity index (χ2n) is 25.2. The van der Waals surface area contributed by atoms with Gasteiger partial charge >= 0.3 is 0 Å². The summed E-state index contributed by atoms with van der Waals surface area (Å²) in [7, 11) is -3.27. The largest absolute Gasteiger partial charge is 0.310 e. The van der Waals surface area contributed by atoms with Crippen LogP contribution in [-0.2, 0) is 37.1 Å². The van der Waals surface area contributed by atoms with E-state index in [1.165, 1.54) is 67.3 Å². The quantitative estimate of drug-likeness (QED) is 0.165. The van der Waals surface area contributed by atoms with Gasteiger partial charge in [-0.1, -0.05) is 190 Å². The molecule has 68 heavy (non-hydrogen) atoms. The normalized spacial score (nSPS) is 16.6. The van der Waals surface area contributed by atoms with Crippen molar-refractivity contribution in [3.8, 4) is 11.1 Å². The Hall–Kier alpha value is -5.63. The molecule has 3 aliphatic heterocycles. The van der Waals surface area contributed by atoms with E-state index in [2.05, 4.69) is 242 Å². The molecule has 7 aromatic rings. The number of rotatable bonds is 3. The molecule has 0 fully saturated rings. The highest BCUT2D eigenvalue weighted by Gasteiger charge is 2.44. The molecule has 0 saturated carbocycles. The summed E-state index contributed by atoms with van der Waals surface area (Å²) in [6, 6.07) is 52.1. The first kappa shape index (κ1) is 46.1. The lowest BCUT2D eigenvalue weighted by Gasteiger charge is -2.43. The Morgan fingerprint density at radius 3 is 0.941 bits per heavy atom. The van der Waals surface area contributed by atoms with Crippen molar-refractivity contribution in [3.05, 3.63) is 184 Å². The molecule has 10 rings (SSSR count). The van der Waals surface area contributed by atoms with E-state index in [0.29, 0.717) is 0 Å². The fraction of sp³-hybridized carbons (Fsp3) is 0.344. The van der Waals surface area contributed by atoms with Gasteiger partial charge in [-0.15, -0.1) is 0 Å². The van der Waals surface area contributed by atoms with Gasteiger partial charge in [0.2, 0.25) is 0 Å². The van der Waals surface area contributed by atoms with E-state index in [-0.39, 0.29) is 32.5 Å². The van der Waals surface area contributed by atoms with Crippen molar-refractivity contribution < 1.29 is 4.57 Å². The average Bonchev–Trinajstić information content (AvgIpc) is 3.52. The van der Waals surface area contributed by atoms with Gasteiger partial charge in [0, 0.05) is 38.1 Å². The Morgan fingerprint density at radius 1 is 0.368 bits per heavy atom. The zero-order chi connectivity index (χ0) is 48.9. The molecule has 0 amide bonds. The Balaban J connectivity index is 1.22. The van der Waals surface area contributed by atoms with E-state index in [4.69, 9.17) is 0 Å². The minimum Gasteiger partial charge on any atom is -0.310 e. The molecule has 4 heteroatoms. The van der Waals surface area contributed by atoms with Crippen LogP contribution in [0.1, 0.15) is 155 Å². The van der Waals surface area contributed by atoms with Gasteiger partial charge in [0.15, 0.2) is 7.14 Å². The fourth-order valence-corrected chi connectivity index (χ4v) is 14.3. The zero-order valence-electron chi connectivity index (χ0n) is 43.5. The van der Waals surface area contributed by atoms with E-state index in [0.717, 1.165) is 38.4 Å². The predicted molar refractivity (Wildman–Crippen MR) is 293 cm³/mol. The van der Waals surface area contributed by atoms with Crippen LogP contribution in [0.3, 0.4) is 0 Å². The number of fused-ring (bicyclic) bond motifs is 7. The lowest BCUT2D eigenvalue weighted by molar-refractivity contribution is 0.572. The van der Waals surface area contributed by atoms with Crippen LogP contribution >= 0.6 is 7.14 Å². The van der Waals surface area contributed by atoms with Crippen LogP contribution in [0.4, 0.5) is 34.1 Å². The summed E-state index contributed by atoms with van der Waals surface area (Å²) in [4.78, 5) is 4.95. The highest BCUT2D eigenvalue weighted by Crippen LogP contribution is 2.59. The predicted octanol–water partition coefficient (Wildman–Crippen LogP) is 16.7. The zero-order valence-corrected chi connectivity index (χ0v) is 44.4. The molecular formula is C64H71N2OP. The first-order chi connectivity index (χ1) is 31.6. The molecule has 0 spiro atoms. The van der Waals surface area contributed by atoms with Crippen molar-refractivity contribution in [2.75, 3.05) is 9.80 Å². The van der Waals surface area contributed by atoms with E-state index in [1.54, 1.807) is 0 Å². The van der Waals surface area contributed by atoms with Crippen molar-refractivity contribution in [2.45, 2.75) is 143 Å². The van der Waals surface area contributed by atoms with E-state index >= 15 is 4.57 Å². The van der Waals surface area contributed by atoms with Gasteiger partial charge in [-0.05, 0) is 138 Å². The highest BCUT2D eigenvalue weighted by molar-refractivity contribution is 7.86. The Labute approximate surface area is 408 Å². The molecule has 0 radical (unpaired) electrons. The molecule has 0 unspecified atom stereocenters. The third kappa shape index (κ3) is 7.00. The van der Waals surface area contributed by atoms with Gasteiger partial charge in [0.1, 0.15) is 0 Å². The molecule has 348 valence electrons. The average molecular weight is 915 g/mol. The molecule has 0 bridgehead atoms. The monoisotopic (exact) mass is 915 g/mol. The maximum atomic E-state index is 16.3. The second-order valence-corrected chi connectivity index (χ2v) is 27.9. The van der Waals surface area contributed by atoms with Gasteiger partial charge in [0.05, 0.1) is 22.7 Å². The molecule has 3 aliphatic rings. The van der Waals surface area contributed by atoms with Gasteiger partial charge in [-0.2, -0.15) is 0 Å². The van der Waals surface area contributed by atoms with Crippen molar-refractivity contribution in [1.29, 1.82) is 0 Å². The molecule has 0 aliphatic carbocycles. The summed E-state index contributed by atoms with van der Waals surface area (Å²) in [5.41, 5.74) is 19.0. The van der Waals surface area contributed by atoms with Gasteiger partial charge in [0.25, 0.3) is 0 Å². The SMILES string of the molecule is CC(C)(C)c1ccc2c(c1)C(C)(C)c1cc(C(C)(C)C)ccc1N2c1ccc2c(c1)-c1cc(N3c4ccc(C(C)(C)C)cc4C(C)(C)c4cc(C(C)(C)C)ccc43)ccc1P2(=O)c1ccccc1. The standard InChI is InChI=1S/C64H71N2OP/c1-59(2,3)40-22-28-53-49(34-40)63(13,14)50-35-41(60(4,5)6)23-29-54(50)65(53)44-26-32-57-47(38-44)48-39-45(27-33-58(48)68(57,67)46-20-18-17-19-21-46)66-55-30-24-42(61(7,8)9)36-51(55)64(15,16)52-37-43(62(10,11)12)25-31-56(52)66/h17-39H,1-16H3. The van der Waals surface area contributed by atoms with E-state index in [9.17, 15) is 0 Å². The van der Waals surface area contributed by atoms with Gasteiger partial charge in [-0.25, -0.2) is 0 Å². The Morgan fingerprint density at radius 2 is 0.662 bits per heavy atom. The molecule has 7 aromatic carbocycles. The third-order valence-electron chi connectivity index (χ3n) is 15.7. The lowest BCUT2D eigenvalue weighted by Crippen LogP contribution is -2.32. The summed E-state index contributed by atoms with van der Waals surface area (Å²) in [5, 5.41) is 2.66. The van der Waals surface area contributed by atoms with Crippen LogP contribution in [-0.4, -0.2) is 0 Å². The Kier molecular flexibility index (Phi) is 10.1. The number of hydrogen-bond acceptors (Lipinski definition) is 3. The van der Waals surface area contributed by atoms with Crippen LogP contribution in [0.5, 0.6) is 0 Å². The van der Waals surface area contributed by atoms with Crippen LogP contribution in [0.2, 0.25) is 0 Å². The van der Waals surface area contributed by atoms with Gasteiger partial charge in [-0.3, -0.25) is 0 Å². The molecule has 3 nitrogen and oxygen atoms in total. The van der Waals surface area contributed by atoms with Crippen LogP contribution < -0.4 is 25.7 Å². The molecular weight excluding hydrogens is 844 g/mol. The maximum absolute atomic E-state index is 16.3. The summed E-state index contributed by atoms with van der Waals surface area (Å²) in [5.74, 6) is 0. The van der Waals surface area contributed by atoms with Crippen molar-refractivity contribution in [3.63, 3.8) is 0 Å². The molecule has 0 aromatic heterocycles. The van der Waals surface area contributed by atoms with Crippen molar-refractivity contribution in [2.24, 2.45) is 0 Å². The van der Waals surface area contributed by atoms with Crippen LogP contribution in [0.25, 0.3) is 11.1 Å². The first-order valence-corrected chi connectivity index (χ1v) is 26.5. The lowest BCUT2D eigenvalue weighted by atomic mass is 9.70. The maximum Gasteiger partial charge on any atom is 0.172 e. The second kappa shape index (κ2) is 14.9. The van der Waals surface area contributed by atoms with Crippen molar-refractivity contribution in [1.82, 2.24) is 0 Å². The Bertz CT molecular complexity index is 2920. The molecule has 0 N–H and O–H groups in total. The number of nitrogens with zero attached hydrogens (tertiary/aromatic N) is 2. The number of hydrogen-bond donors (Lipinski definition) is 0. The van der Waals surface area contributed by atoms with Crippen LogP contribution in [0, 0.1) is 0 Å². The molecule has 0 atom stereocenters. The molecule has 0 saturated heterocycles. The van der Waals surface area contributed by atoms with Crippen LogP contribution in [0.15, 0.2) is 140 Å². The summed E-state index contributed by atoms with van der Waals surface area (Å²) in [6.45, 7) is 37.2.